The van der Waals surface area contributed by atoms with Crippen molar-refractivity contribution in [2.75, 3.05) is 0 Å². The zero-order valence-electron chi connectivity index (χ0n) is 13.7. The summed E-state index contributed by atoms with van der Waals surface area (Å²) < 4.78 is 34.0. The van der Waals surface area contributed by atoms with Crippen molar-refractivity contribution in [2.45, 2.75) is 13.5 Å². The molecular weight excluding hydrogens is 340 g/mol. The summed E-state index contributed by atoms with van der Waals surface area (Å²) in [5, 5.41) is 12.0. The van der Waals surface area contributed by atoms with Gasteiger partial charge in [0, 0.05) is 0 Å². The molecule has 130 valence electrons. The molecule has 2 heterocycles. The Labute approximate surface area is 147 Å². The van der Waals surface area contributed by atoms with Gasteiger partial charge in [-0.25, -0.2) is 13.5 Å². The molecular formula is C18H13F2N5O. The van der Waals surface area contributed by atoms with Crippen LogP contribution >= 0.6 is 0 Å². The average molecular weight is 353 g/mol. The average Bonchev–Trinajstić information content (AvgIpc) is 3.23. The lowest BCUT2D eigenvalue weighted by Crippen LogP contribution is -2.04. The number of hydrogen-bond donors (Lipinski definition) is 0. The molecule has 0 saturated carbocycles. The van der Waals surface area contributed by atoms with Crippen LogP contribution in [0.15, 0.2) is 53.1 Å². The molecule has 0 saturated heterocycles. The maximum absolute atomic E-state index is 13.9. The molecule has 0 N–H and O–H groups in total. The Balaban J connectivity index is 1.64. The van der Waals surface area contributed by atoms with Gasteiger partial charge in [-0.2, -0.15) is 4.98 Å². The number of benzene rings is 2. The highest BCUT2D eigenvalue weighted by molar-refractivity contribution is 5.58. The minimum absolute atomic E-state index is 0.0668. The largest absolute Gasteiger partial charge is 0.333 e. The molecule has 0 bridgehead atoms. The minimum atomic E-state index is -0.450. The Morgan fingerprint density at radius 2 is 1.92 bits per heavy atom. The molecule has 8 heteroatoms. The van der Waals surface area contributed by atoms with E-state index in [-0.39, 0.29) is 23.1 Å². The van der Waals surface area contributed by atoms with Crippen LogP contribution in [0.3, 0.4) is 0 Å². The van der Waals surface area contributed by atoms with Gasteiger partial charge in [0.05, 0.1) is 17.8 Å². The molecule has 0 aliphatic rings. The van der Waals surface area contributed by atoms with Crippen LogP contribution in [0.4, 0.5) is 8.78 Å². The second kappa shape index (κ2) is 6.47. The van der Waals surface area contributed by atoms with Gasteiger partial charge in [-0.05, 0) is 36.8 Å². The van der Waals surface area contributed by atoms with E-state index in [4.69, 9.17) is 4.52 Å². The molecule has 0 atom stereocenters. The number of aromatic nitrogens is 5. The third-order valence-electron chi connectivity index (χ3n) is 3.95. The molecule has 2 aromatic heterocycles. The molecule has 26 heavy (non-hydrogen) atoms. The van der Waals surface area contributed by atoms with Gasteiger partial charge in [-0.1, -0.05) is 34.6 Å². The van der Waals surface area contributed by atoms with Crippen molar-refractivity contribution in [3.63, 3.8) is 0 Å². The first-order chi connectivity index (χ1) is 12.6. The predicted molar refractivity (Wildman–Crippen MR) is 88.9 cm³/mol. The fourth-order valence-corrected chi connectivity index (χ4v) is 2.59. The summed E-state index contributed by atoms with van der Waals surface area (Å²) >= 11 is 0. The zero-order chi connectivity index (χ0) is 18.1. The predicted octanol–water partition coefficient (Wildman–Crippen LogP) is 3.63. The number of nitrogens with zero attached hydrogens (tertiary/aromatic N) is 5. The summed E-state index contributed by atoms with van der Waals surface area (Å²) in [6.45, 7) is 2.16. The first-order valence-corrected chi connectivity index (χ1v) is 7.85. The zero-order valence-corrected chi connectivity index (χ0v) is 13.7. The van der Waals surface area contributed by atoms with E-state index in [1.165, 1.54) is 18.2 Å². The van der Waals surface area contributed by atoms with Crippen LogP contribution < -0.4 is 0 Å². The third kappa shape index (κ3) is 2.97. The second-order valence-electron chi connectivity index (χ2n) is 5.71. The number of hydrogen-bond acceptors (Lipinski definition) is 5. The van der Waals surface area contributed by atoms with Crippen LogP contribution in [-0.2, 0) is 6.54 Å². The van der Waals surface area contributed by atoms with E-state index < -0.39 is 5.82 Å². The van der Waals surface area contributed by atoms with Crippen LogP contribution in [0.1, 0.15) is 11.3 Å². The highest BCUT2D eigenvalue weighted by Gasteiger charge is 2.19. The van der Waals surface area contributed by atoms with Crippen molar-refractivity contribution in [3.05, 3.63) is 71.4 Å². The molecule has 4 rings (SSSR count). The van der Waals surface area contributed by atoms with E-state index in [1.54, 1.807) is 41.9 Å². The van der Waals surface area contributed by atoms with Gasteiger partial charge in [0.1, 0.15) is 11.6 Å². The van der Waals surface area contributed by atoms with E-state index in [2.05, 4.69) is 20.5 Å². The van der Waals surface area contributed by atoms with Crippen LogP contribution in [0.25, 0.3) is 23.0 Å². The second-order valence-corrected chi connectivity index (χ2v) is 5.71. The number of halogens is 2. The molecule has 0 aliphatic carbocycles. The lowest BCUT2D eigenvalue weighted by Gasteiger charge is -2.03. The summed E-state index contributed by atoms with van der Waals surface area (Å²) in [5.74, 6) is -0.481. The summed E-state index contributed by atoms with van der Waals surface area (Å²) in [7, 11) is 0. The lowest BCUT2D eigenvalue weighted by molar-refractivity contribution is 0.429. The van der Waals surface area contributed by atoms with Gasteiger partial charge in [0.15, 0.2) is 5.69 Å². The fourth-order valence-electron chi connectivity index (χ4n) is 2.59. The molecule has 0 radical (unpaired) electrons. The van der Waals surface area contributed by atoms with Gasteiger partial charge in [-0.3, -0.25) is 0 Å². The van der Waals surface area contributed by atoms with Gasteiger partial charge in [0.25, 0.3) is 5.89 Å². The molecule has 0 fully saturated rings. The Bertz CT molecular complexity index is 1070. The normalized spacial score (nSPS) is 11.0. The van der Waals surface area contributed by atoms with Crippen LogP contribution in [0.2, 0.25) is 0 Å². The van der Waals surface area contributed by atoms with Crippen molar-refractivity contribution in [1.82, 2.24) is 25.1 Å². The minimum Gasteiger partial charge on any atom is -0.333 e. The molecule has 0 aliphatic heterocycles. The fraction of sp³-hybridized carbons (Fsp3) is 0.111. The van der Waals surface area contributed by atoms with Gasteiger partial charge in [-0.15, -0.1) is 5.10 Å². The van der Waals surface area contributed by atoms with Crippen molar-refractivity contribution < 1.29 is 13.3 Å². The van der Waals surface area contributed by atoms with Crippen LogP contribution in [0, 0.1) is 18.6 Å². The summed E-state index contributed by atoms with van der Waals surface area (Å²) in [6, 6.07) is 12.4. The van der Waals surface area contributed by atoms with Crippen LogP contribution in [0.5, 0.6) is 0 Å². The highest BCUT2D eigenvalue weighted by Crippen LogP contribution is 2.24. The maximum atomic E-state index is 13.9. The van der Waals surface area contributed by atoms with Gasteiger partial charge in [0.2, 0.25) is 5.82 Å². The van der Waals surface area contributed by atoms with Crippen molar-refractivity contribution >= 4 is 0 Å². The first-order valence-electron chi connectivity index (χ1n) is 7.85. The Kier molecular flexibility index (Phi) is 4.00. The molecule has 0 amide bonds. The van der Waals surface area contributed by atoms with Crippen molar-refractivity contribution in [2.24, 2.45) is 0 Å². The third-order valence-corrected chi connectivity index (χ3v) is 3.95. The monoisotopic (exact) mass is 353 g/mol. The summed E-state index contributed by atoms with van der Waals surface area (Å²) in [4.78, 5) is 4.21. The number of rotatable bonds is 4. The SMILES string of the molecule is Cc1c(-c2noc(-c3ccccc3F)n2)nnn1Cc1cccc(F)c1. The Hall–Kier alpha value is -3.42. The Morgan fingerprint density at radius 1 is 1.08 bits per heavy atom. The van der Waals surface area contributed by atoms with E-state index in [9.17, 15) is 8.78 Å². The molecule has 2 aromatic carbocycles. The van der Waals surface area contributed by atoms with Gasteiger partial charge >= 0.3 is 0 Å². The van der Waals surface area contributed by atoms with E-state index in [0.717, 1.165) is 5.56 Å². The maximum Gasteiger partial charge on any atom is 0.261 e. The van der Waals surface area contributed by atoms with Gasteiger partial charge < -0.3 is 4.52 Å². The lowest BCUT2D eigenvalue weighted by atomic mass is 10.2. The molecule has 0 unspecified atom stereocenters. The standard InChI is InChI=1S/C18H13F2N5O/c1-11-16(22-24-25(11)10-12-5-4-6-13(19)9-12)17-21-18(26-23-17)14-7-2-3-8-15(14)20/h2-9H,10H2,1H3. The van der Waals surface area contributed by atoms with Crippen LogP contribution in [-0.4, -0.2) is 25.1 Å². The summed E-state index contributed by atoms with van der Waals surface area (Å²) in [6.07, 6.45) is 0. The molecule has 0 spiro atoms. The van der Waals surface area contributed by atoms with E-state index >= 15 is 0 Å². The molecule has 6 nitrogen and oxygen atoms in total. The summed E-state index contributed by atoms with van der Waals surface area (Å²) in [5.41, 5.74) is 2.09. The van der Waals surface area contributed by atoms with E-state index in [0.29, 0.717) is 17.9 Å². The highest BCUT2D eigenvalue weighted by atomic mass is 19.1. The molecule has 4 aromatic rings. The smallest absolute Gasteiger partial charge is 0.261 e. The topological polar surface area (TPSA) is 69.6 Å². The van der Waals surface area contributed by atoms with Crippen molar-refractivity contribution in [1.29, 1.82) is 0 Å². The van der Waals surface area contributed by atoms with Crippen molar-refractivity contribution in [3.8, 4) is 23.0 Å². The Morgan fingerprint density at radius 3 is 2.73 bits per heavy atom. The van der Waals surface area contributed by atoms with E-state index in [1.807, 2.05) is 0 Å². The first kappa shape index (κ1) is 16.1. The quantitative estimate of drug-likeness (QED) is 0.560.